The number of pyridine rings is 1. The number of nitrogens with zero attached hydrogens (tertiary/aromatic N) is 2. The van der Waals surface area contributed by atoms with E-state index in [0.29, 0.717) is 22.9 Å². The number of fused-ring (bicyclic) bond motifs is 1. The molecule has 2 amide bonds. The molecule has 0 aliphatic rings. The number of urea groups is 1. The van der Waals surface area contributed by atoms with Crippen LogP contribution >= 0.6 is 15.9 Å². The quantitative estimate of drug-likeness (QED) is 0.411. The molecule has 0 unspecified atom stereocenters. The van der Waals surface area contributed by atoms with E-state index in [2.05, 4.69) is 31.5 Å². The zero-order chi connectivity index (χ0) is 21.1. The van der Waals surface area contributed by atoms with Crippen LogP contribution in [0.1, 0.15) is 0 Å². The lowest BCUT2D eigenvalue weighted by atomic mass is 10.1. The number of carbonyl (C=O) groups is 1. The SMILES string of the molecule is COc1ccc(NC(=O)Nc2cccc(-c3cn4cc(Br)ccc4n3)c2)c(OC)c1. The molecule has 0 saturated heterocycles. The highest BCUT2D eigenvalue weighted by Crippen LogP contribution is 2.29. The summed E-state index contributed by atoms with van der Waals surface area (Å²) >= 11 is 3.46. The summed E-state index contributed by atoms with van der Waals surface area (Å²) in [5.41, 5.74) is 3.74. The van der Waals surface area contributed by atoms with Gasteiger partial charge in [-0.2, -0.15) is 0 Å². The average molecular weight is 467 g/mol. The first-order chi connectivity index (χ1) is 14.6. The molecule has 2 N–H and O–H groups in total. The zero-order valence-electron chi connectivity index (χ0n) is 16.3. The Bertz CT molecular complexity index is 1220. The summed E-state index contributed by atoms with van der Waals surface area (Å²) in [7, 11) is 3.11. The Morgan fingerprint density at radius 1 is 1.00 bits per heavy atom. The number of imidazole rings is 1. The normalized spacial score (nSPS) is 10.6. The molecule has 0 saturated carbocycles. The standard InChI is InChI=1S/C22H19BrN4O3/c1-29-17-7-8-18(20(11-17)30-2)26-22(28)24-16-5-3-4-14(10-16)19-13-27-12-15(23)6-9-21(27)25-19/h3-13H,1-2H3,(H2,24,26,28). The summed E-state index contributed by atoms with van der Waals surface area (Å²) in [6, 6.07) is 16.2. The van der Waals surface area contributed by atoms with Crippen molar-refractivity contribution >= 4 is 39.0 Å². The fourth-order valence-corrected chi connectivity index (χ4v) is 3.40. The maximum atomic E-state index is 12.5. The van der Waals surface area contributed by atoms with Gasteiger partial charge in [-0.3, -0.25) is 0 Å². The minimum atomic E-state index is -0.380. The molecule has 0 aliphatic carbocycles. The van der Waals surface area contributed by atoms with Gasteiger partial charge in [0.25, 0.3) is 0 Å². The molecule has 4 rings (SSSR count). The van der Waals surface area contributed by atoms with Gasteiger partial charge in [0.2, 0.25) is 0 Å². The van der Waals surface area contributed by atoms with Crippen LogP contribution in [0.5, 0.6) is 11.5 Å². The van der Waals surface area contributed by atoms with E-state index in [0.717, 1.165) is 21.4 Å². The predicted octanol–water partition coefficient (Wildman–Crippen LogP) is 5.43. The first-order valence-corrected chi connectivity index (χ1v) is 9.90. The lowest BCUT2D eigenvalue weighted by Gasteiger charge is -2.12. The maximum Gasteiger partial charge on any atom is 0.323 e. The van der Waals surface area contributed by atoms with Crippen molar-refractivity contribution in [3.63, 3.8) is 0 Å². The van der Waals surface area contributed by atoms with E-state index in [1.165, 1.54) is 7.11 Å². The van der Waals surface area contributed by atoms with Gasteiger partial charge in [-0.1, -0.05) is 12.1 Å². The molecule has 7 nitrogen and oxygen atoms in total. The van der Waals surface area contributed by atoms with Gasteiger partial charge in [0, 0.05) is 34.2 Å². The second kappa shape index (κ2) is 8.46. The Hall–Kier alpha value is -3.52. The summed E-state index contributed by atoms with van der Waals surface area (Å²) in [5, 5.41) is 5.64. The molecule has 2 aromatic heterocycles. The maximum absolute atomic E-state index is 12.5. The number of amides is 2. The molecule has 0 fully saturated rings. The van der Waals surface area contributed by atoms with E-state index in [1.54, 1.807) is 25.3 Å². The summed E-state index contributed by atoms with van der Waals surface area (Å²) in [6.45, 7) is 0. The van der Waals surface area contributed by atoms with Gasteiger partial charge < -0.3 is 24.5 Å². The van der Waals surface area contributed by atoms with Crippen molar-refractivity contribution < 1.29 is 14.3 Å². The molecule has 0 radical (unpaired) electrons. The van der Waals surface area contributed by atoms with Crippen molar-refractivity contribution in [2.24, 2.45) is 0 Å². The highest BCUT2D eigenvalue weighted by molar-refractivity contribution is 9.10. The van der Waals surface area contributed by atoms with E-state index in [1.807, 2.05) is 53.2 Å². The molecule has 0 aliphatic heterocycles. The van der Waals surface area contributed by atoms with E-state index < -0.39 is 0 Å². The van der Waals surface area contributed by atoms with Crippen LogP contribution in [-0.4, -0.2) is 29.6 Å². The molecule has 4 aromatic rings. The third-order valence-corrected chi connectivity index (χ3v) is 4.96. The Morgan fingerprint density at radius 2 is 1.87 bits per heavy atom. The van der Waals surface area contributed by atoms with E-state index in [9.17, 15) is 4.79 Å². The van der Waals surface area contributed by atoms with Crippen LogP contribution in [0.3, 0.4) is 0 Å². The Labute approximate surface area is 181 Å². The number of rotatable bonds is 5. The molecule has 8 heteroatoms. The fraction of sp³-hybridized carbons (Fsp3) is 0.0909. The number of methoxy groups -OCH3 is 2. The average Bonchev–Trinajstić information content (AvgIpc) is 3.17. The van der Waals surface area contributed by atoms with Gasteiger partial charge in [-0.05, 0) is 52.3 Å². The largest absolute Gasteiger partial charge is 0.497 e. The second-order valence-electron chi connectivity index (χ2n) is 6.47. The van der Waals surface area contributed by atoms with Crippen molar-refractivity contribution in [2.75, 3.05) is 24.9 Å². The molecule has 30 heavy (non-hydrogen) atoms. The first kappa shape index (κ1) is 19.8. The number of anilines is 2. The smallest absolute Gasteiger partial charge is 0.323 e. The Balaban J connectivity index is 1.52. The Kier molecular flexibility index (Phi) is 5.58. The number of hydrogen-bond acceptors (Lipinski definition) is 4. The molecule has 0 spiro atoms. The highest BCUT2D eigenvalue weighted by Gasteiger charge is 2.10. The number of nitrogens with one attached hydrogen (secondary N) is 2. The van der Waals surface area contributed by atoms with E-state index in [-0.39, 0.29) is 6.03 Å². The minimum absolute atomic E-state index is 0.380. The summed E-state index contributed by atoms with van der Waals surface area (Å²) in [5.74, 6) is 1.15. The molecule has 2 heterocycles. The third kappa shape index (κ3) is 4.23. The lowest BCUT2D eigenvalue weighted by Crippen LogP contribution is -2.19. The molecule has 152 valence electrons. The van der Waals surface area contributed by atoms with Gasteiger partial charge in [-0.15, -0.1) is 0 Å². The van der Waals surface area contributed by atoms with Crippen LogP contribution in [0, 0.1) is 0 Å². The van der Waals surface area contributed by atoms with Crippen LogP contribution in [0.25, 0.3) is 16.9 Å². The van der Waals surface area contributed by atoms with Gasteiger partial charge in [0.05, 0.1) is 25.6 Å². The van der Waals surface area contributed by atoms with Gasteiger partial charge in [0.15, 0.2) is 0 Å². The summed E-state index contributed by atoms with van der Waals surface area (Å²) < 4.78 is 13.4. The van der Waals surface area contributed by atoms with Crippen molar-refractivity contribution in [3.05, 3.63) is 71.5 Å². The van der Waals surface area contributed by atoms with Crippen LogP contribution in [0.2, 0.25) is 0 Å². The monoisotopic (exact) mass is 466 g/mol. The van der Waals surface area contributed by atoms with E-state index in [4.69, 9.17) is 9.47 Å². The second-order valence-corrected chi connectivity index (χ2v) is 7.38. The van der Waals surface area contributed by atoms with Gasteiger partial charge in [-0.25, -0.2) is 9.78 Å². The van der Waals surface area contributed by atoms with Crippen LogP contribution in [0.15, 0.2) is 71.5 Å². The van der Waals surface area contributed by atoms with Crippen LogP contribution in [-0.2, 0) is 0 Å². The first-order valence-electron chi connectivity index (χ1n) is 9.10. The fourth-order valence-electron chi connectivity index (χ4n) is 3.05. The molecular formula is C22H19BrN4O3. The third-order valence-electron chi connectivity index (χ3n) is 4.49. The highest BCUT2D eigenvalue weighted by atomic mass is 79.9. The van der Waals surface area contributed by atoms with Crippen LogP contribution in [0.4, 0.5) is 16.2 Å². The minimum Gasteiger partial charge on any atom is -0.497 e. The number of ether oxygens (including phenoxy) is 2. The number of carbonyl (C=O) groups excluding carboxylic acids is 1. The van der Waals surface area contributed by atoms with Gasteiger partial charge in [0.1, 0.15) is 17.1 Å². The topological polar surface area (TPSA) is 76.9 Å². The van der Waals surface area contributed by atoms with E-state index >= 15 is 0 Å². The summed E-state index contributed by atoms with van der Waals surface area (Å²) in [6.07, 6.45) is 3.89. The number of aromatic nitrogens is 2. The number of halogens is 1. The van der Waals surface area contributed by atoms with Crippen LogP contribution < -0.4 is 20.1 Å². The predicted molar refractivity (Wildman–Crippen MR) is 121 cm³/mol. The van der Waals surface area contributed by atoms with Crippen molar-refractivity contribution in [1.82, 2.24) is 9.38 Å². The molecule has 0 atom stereocenters. The molecule has 0 bridgehead atoms. The van der Waals surface area contributed by atoms with Crippen molar-refractivity contribution in [1.29, 1.82) is 0 Å². The van der Waals surface area contributed by atoms with Crippen molar-refractivity contribution in [2.45, 2.75) is 0 Å². The number of benzene rings is 2. The Morgan fingerprint density at radius 3 is 2.67 bits per heavy atom. The van der Waals surface area contributed by atoms with Crippen molar-refractivity contribution in [3.8, 4) is 22.8 Å². The number of hydrogen-bond donors (Lipinski definition) is 2. The molecular weight excluding hydrogens is 448 g/mol. The summed E-state index contributed by atoms with van der Waals surface area (Å²) in [4.78, 5) is 17.1. The zero-order valence-corrected chi connectivity index (χ0v) is 17.9. The molecule has 2 aromatic carbocycles. The lowest BCUT2D eigenvalue weighted by molar-refractivity contribution is 0.262. The van der Waals surface area contributed by atoms with Gasteiger partial charge >= 0.3 is 6.03 Å².